The zero-order chi connectivity index (χ0) is 13.9. The summed E-state index contributed by atoms with van der Waals surface area (Å²) in [6.45, 7) is 19.3. The molecule has 0 atom stereocenters. The van der Waals surface area contributed by atoms with E-state index in [9.17, 15) is 0 Å². The number of hydrogen-bond acceptors (Lipinski definition) is 2. The van der Waals surface area contributed by atoms with Crippen LogP contribution in [0.4, 0.5) is 0 Å². The summed E-state index contributed by atoms with van der Waals surface area (Å²) in [6, 6.07) is 0. The van der Waals surface area contributed by atoms with E-state index in [0.717, 1.165) is 0 Å². The molecule has 0 spiro atoms. The van der Waals surface area contributed by atoms with Gasteiger partial charge in [-0.1, -0.05) is 0 Å². The second-order valence-corrected chi connectivity index (χ2v) is 7.95. The number of hydrogen-bond donors (Lipinski definition) is 1. The highest BCUT2D eigenvalue weighted by molar-refractivity contribution is 4.85. The third kappa shape index (κ3) is 8.62. The average molecular weight is 242 g/mol. The maximum atomic E-state index is 3.69. The zero-order valence-electron chi connectivity index (χ0n) is 13.6. The van der Waals surface area contributed by atoms with Crippen molar-refractivity contribution in [2.75, 3.05) is 13.6 Å². The highest BCUT2D eigenvalue weighted by atomic mass is 15.2. The van der Waals surface area contributed by atoms with Crippen LogP contribution in [-0.2, 0) is 0 Å². The average Bonchev–Trinajstić information content (AvgIpc) is 1.96. The molecule has 0 saturated carbocycles. The number of nitrogens with one attached hydrogen (secondary N) is 1. The van der Waals surface area contributed by atoms with Crippen molar-refractivity contribution >= 4 is 0 Å². The van der Waals surface area contributed by atoms with Gasteiger partial charge in [0, 0.05) is 16.6 Å². The van der Waals surface area contributed by atoms with Crippen LogP contribution in [0.25, 0.3) is 0 Å². The van der Waals surface area contributed by atoms with Crippen molar-refractivity contribution in [2.24, 2.45) is 0 Å². The molecule has 2 nitrogen and oxygen atoms in total. The topological polar surface area (TPSA) is 15.3 Å². The Kier molecular flexibility index (Phi) is 5.68. The van der Waals surface area contributed by atoms with Gasteiger partial charge in [-0.15, -0.1) is 0 Å². The van der Waals surface area contributed by atoms with Crippen LogP contribution in [0.15, 0.2) is 0 Å². The lowest BCUT2D eigenvalue weighted by molar-refractivity contribution is 0.163. The fourth-order valence-electron chi connectivity index (χ4n) is 2.17. The van der Waals surface area contributed by atoms with E-state index in [1.807, 2.05) is 0 Å². The van der Waals surface area contributed by atoms with E-state index < -0.39 is 0 Å². The van der Waals surface area contributed by atoms with Crippen molar-refractivity contribution in [2.45, 2.75) is 84.8 Å². The molecule has 0 radical (unpaired) electrons. The summed E-state index contributed by atoms with van der Waals surface area (Å²) in [5, 5.41) is 3.69. The third-order valence-corrected chi connectivity index (χ3v) is 3.15. The van der Waals surface area contributed by atoms with Crippen molar-refractivity contribution in [3.63, 3.8) is 0 Å². The van der Waals surface area contributed by atoms with Crippen LogP contribution in [0.5, 0.6) is 0 Å². The normalized spacial score (nSPS) is 14.5. The highest BCUT2D eigenvalue weighted by Crippen LogP contribution is 2.18. The monoisotopic (exact) mass is 242 g/mol. The molecule has 104 valence electrons. The maximum absolute atomic E-state index is 3.69. The Morgan fingerprint density at radius 2 is 1.35 bits per heavy atom. The van der Waals surface area contributed by atoms with Crippen molar-refractivity contribution in [3.8, 4) is 0 Å². The van der Waals surface area contributed by atoms with Gasteiger partial charge in [0.1, 0.15) is 0 Å². The van der Waals surface area contributed by atoms with Crippen molar-refractivity contribution in [3.05, 3.63) is 0 Å². The van der Waals surface area contributed by atoms with Gasteiger partial charge in [0.2, 0.25) is 0 Å². The fourth-order valence-corrected chi connectivity index (χ4v) is 2.17. The molecule has 0 fully saturated rings. The molecular weight excluding hydrogens is 208 g/mol. The first-order valence-corrected chi connectivity index (χ1v) is 6.84. The molecule has 1 N–H and O–H groups in total. The van der Waals surface area contributed by atoms with Crippen molar-refractivity contribution in [1.82, 2.24) is 10.2 Å². The summed E-state index contributed by atoms with van der Waals surface area (Å²) in [4.78, 5) is 2.43. The quantitative estimate of drug-likeness (QED) is 0.791. The van der Waals surface area contributed by atoms with Gasteiger partial charge in [-0.05, 0) is 81.8 Å². The minimum absolute atomic E-state index is 0.194. The predicted molar refractivity (Wildman–Crippen MR) is 78.6 cm³/mol. The second-order valence-electron chi connectivity index (χ2n) is 7.95. The molecular formula is C15H34N2. The molecule has 0 amide bonds. The van der Waals surface area contributed by atoms with E-state index in [1.54, 1.807) is 0 Å². The minimum atomic E-state index is 0.194. The Labute approximate surface area is 109 Å². The molecule has 0 aliphatic rings. The molecule has 0 saturated heterocycles. The number of nitrogens with zero attached hydrogens (tertiary/aromatic N) is 1. The molecule has 0 aromatic heterocycles. The molecule has 0 unspecified atom stereocenters. The van der Waals surface area contributed by atoms with Gasteiger partial charge >= 0.3 is 0 Å². The van der Waals surface area contributed by atoms with Gasteiger partial charge in [0.25, 0.3) is 0 Å². The third-order valence-electron chi connectivity index (χ3n) is 3.15. The second kappa shape index (κ2) is 5.71. The first kappa shape index (κ1) is 16.9. The standard InChI is InChI=1S/C15H34N2/c1-13(2,3)16-15(7,8)11-10-12-17(9)14(4,5)6/h16H,10-12H2,1-9H3. The Morgan fingerprint density at radius 3 is 1.71 bits per heavy atom. The summed E-state index contributed by atoms with van der Waals surface area (Å²) in [7, 11) is 2.21. The molecule has 0 aliphatic heterocycles. The minimum Gasteiger partial charge on any atom is -0.307 e. The Morgan fingerprint density at radius 1 is 0.882 bits per heavy atom. The van der Waals surface area contributed by atoms with E-state index in [0.29, 0.717) is 0 Å². The van der Waals surface area contributed by atoms with E-state index in [2.05, 4.69) is 72.7 Å². The lowest BCUT2D eigenvalue weighted by atomic mass is 9.93. The SMILES string of the molecule is CN(CCCC(C)(C)NC(C)(C)C)C(C)(C)C. The lowest BCUT2D eigenvalue weighted by Crippen LogP contribution is -2.50. The fraction of sp³-hybridized carbons (Fsp3) is 1.00. The van der Waals surface area contributed by atoms with E-state index in [4.69, 9.17) is 0 Å². The largest absolute Gasteiger partial charge is 0.307 e. The van der Waals surface area contributed by atoms with E-state index in [-0.39, 0.29) is 16.6 Å². The smallest absolute Gasteiger partial charge is 0.0130 e. The van der Waals surface area contributed by atoms with Crippen LogP contribution in [0, 0.1) is 0 Å². The highest BCUT2D eigenvalue weighted by Gasteiger charge is 2.24. The van der Waals surface area contributed by atoms with Gasteiger partial charge in [0.05, 0.1) is 0 Å². The van der Waals surface area contributed by atoms with Gasteiger partial charge in [0.15, 0.2) is 0 Å². The van der Waals surface area contributed by atoms with Crippen LogP contribution in [0.3, 0.4) is 0 Å². The summed E-state index contributed by atoms with van der Waals surface area (Å²) in [6.07, 6.45) is 2.45. The van der Waals surface area contributed by atoms with Crippen LogP contribution in [0.2, 0.25) is 0 Å². The van der Waals surface area contributed by atoms with Gasteiger partial charge < -0.3 is 10.2 Å². The van der Waals surface area contributed by atoms with Crippen LogP contribution in [0.1, 0.15) is 68.2 Å². The Bertz CT molecular complexity index is 218. The molecule has 2 heteroatoms. The molecule has 0 heterocycles. The molecule has 0 aliphatic carbocycles. The number of rotatable bonds is 5. The molecule has 0 aromatic rings. The van der Waals surface area contributed by atoms with Crippen LogP contribution >= 0.6 is 0 Å². The zero-order valence-corrected chi connectivity index (χ0v) is 13.6. The first-order chi connectivity index (χ1) is 7.33. The van der Waals surface area contributed by atoms with Gasteiger partial charge in [-0.2, -0.15) is 0 Å². The first-order valence-electron chi connectivity index (χ1n) is 6.84. The Hall–Kier alpha value is -0.0800. The molecule has 17 heavy (non-hydrogen) atoms. The molecule has 0 rings (SSSR count). The predicted octanol–water partition coefficient (Wildman–Crippen LogP) is 3.66. The summed E-state index contributed by atoms with van der Waals surface area (Å²) < 4.78 is 0. The van der Waals surface area contributed by atoms with Crippen LogP contribution < -0.4 is 5.32 Å². The molecule has 0 aromatic carbocycles. The summed E-state index contributed by atoms with van der Waals surface area (Å²) in [5.41, 5.74) is 0.692. The van der Waals surface area contributed by atoms with E-state index in [1.165, 1.54) is 19.4 Å². The maximum Gasteiger partial charge on any atom is 0.0130 e. The lowest BCUT2D eigenvalue weighted by Gasteiger charge is -2.37. The summed E-state index contributed by atoms with van der Waals surface area (Å²) in [5.74, 6) is 0. The van der Waals surface area contributed by atoms with Gasteiger partial charge in [-0.25, -0.2) is 0 Å². The van der Waals surface area contributed by atoms with Crippen LogP contribution in [-0.4, -0.2) is 35.1 Å². The molecule has 0 bridgehead atoms. The summed E-state index contributed by atoms with van der Waals surface area (Å²) >= 11 is 0. The van der Waals surface area contributed by atoms with E-state index >= 15 is 0 Å². The van der Waals surface area contributed by atoms with Gasteiger partial charge in [-0.3, -0.25) is 0 Å². The van der Waals surface area contributed by atoms with Crippen molar-refractivity contribution < 1.29 is 0 Å². The van der Waals surface area contributed by atoms with Crippen molar-refractivity contribution in [1.29, 1.82) is 0 Å². The Balaban J connectivity index is 4.04.